The predicted molar refractivity (Wildman–Crippen MR) is 77.1 cm³/mol. The molecule has 1 aliphatic rings. The molecule has 1 aromatic carbocycles. The van der Waals surface area contributed by atoms with E-state index in [0.29, 0.717) is 6.04 Å². The number of hydrogen-bond acceptors (Lipinski definition) is 1. The van der Waals surface area contributed by atoms with Gasteiger partial charge < -0.3 is 5.32 Å². The number of nitrogens with one attached hydrogen (secondary N) is 1. The lowest BCUT2D eigenvalue weighted by Gasteiger charge is -2.29. The summed E-state index contributed by atoms with van der Waals surface area (Å²) in [5.74, 6) is 0.827. The fraction of sp³-hybridized carbons (Fsp3) is 0.600. The van der Waals surface area contributed by atoms with E-state index in [1.165, 1.54) is 41.3 Å². The van der Waals surface area contributed by atoms with Crippen LogP contribution in [0.5, 0.6) is 0 Å². The summed E-state index contributed by atoms with van der Waals surface area (Å²) in [5.41, 5.74) is 2.68. The molecule has 0 aliphatic heterocycles. The van der Waals surface area contributed by atoms with Gasteiger partial charge >= 0.3 is 0 Å². The minimum Gasteiger partial charge on any atom is -0.310 e. The van der Waals surface area contributed by atoms with Gasteiger partial charge in [-0.15, -0.1) is 0 Å². The average molecular weight is 296 g/mol. The predicted octanol–water partition coefficient (Wildman–Crippen LogP) is 4.43. The minimum atomic E-state index is 0.706. The van der Waals surface area contributed by atoms with Crippen LogP contribution in [0.1, 0.15) is 43.7 Å². The second kappa shape index (κ2) is 6.01. The summed E-state index contributed by atoms with van der Waals surface area (Å²) in [6.45, 7) is 5.49. The first-order valence-corrected chi connectivity index (χ1v) is 7.44. The molecular formula is C15H22BrN. The highest BCUT2D eigenvalue weighted by Crippen LogP contribution is 2.25. The molecule has 2 heteroatoms. The molecule has 2 rings (SSSR count). The van der Waals surface area contributed by atoms with Crippen molar-refractivity contribution in [1.82, 2.24) is 5.32 Å². The zero-order valence-corrected chi connectivity index (χ0v) is 12.4. The van der Waals surface area contributed by atoms with Crippen LogP contribution in [-0.4, -0.2) is 6.04 Å². The maximum absolute atomic E-state index is 3.72. The topological polar surface area (TPSA) is 12.0 Å². The van der Waals surface area contributed by atoms with E-state index in [2.05, 4.69) is 53.3 Å². The second-order valence-corrected chi connectivity index (χ2v) is 6.20. The molecule has 2 atom stereocenters. The molecule has 2 unspecified atom stereocenters. The lowest BCUT2D eigenvalue weighted by Crippen LogP contribution is -2.36. The van der Waals surface area contributed by atoms with Crippen molar-refractivity contribution in [3.63, 3.8) is 0 Å². The van der Waals surface area contributed by atoms with Crippen molar-refractivity contribution >= 4 is 15.9 Å². The van der Waals surface area contributed by atoms with Gasteiger partial charge in [-0.1, -0.05) is 47.8 Å². The highest BCUT2D eigenvalue weighted by Gasteiger charge is 2.20. The molecule has 0 spiro atoms. The fourth-order valence-corrected chi connectivity index (χ4v) is 3.29. The number of benzene rings is 1. The van der Waals surface area contributed by atoms with Crippen LogP contribution in [-0.2, 0) is 6.54 Å². The van der Waals surface area contributed by atoms with E-state index in [-0.39, 0.29) is 0 Å². The molecule has 0 heterocycles. The Balaban J connectivity index is 1.92. The lowest BCUT2D eigenvalue weighted by atomic mass is 9.86. The summed E-state index contributed by atoms with van der Waals surface area (Å²) in [7, 11) is 0. The SMILES string of the molecule is Cc1ccc(CNC2CCCCC2C)c(Br)c1. The Morgan fingerprint density at radius 3 is 2.76 bits per heavy atom. The van der Waals surface area contributed by atoms with Crippen LogP contribution in [0.2, 0.25) is 0 Å². The van der Waals surface area contributed by atoms with Crippen molar-refractivity contribution in [2.45, 2.75) is 52.1 Å². The Labute approximate surface area is 113 Å². The minimum absolute atomic E-state index is 0.706. The third-order valence-corrected chi connectivity index (χ3v) is 4.61. The molecule has 1 fully saturated rings. The van der Waals surface area contributed by atoms with Crippen LogP contribution in [0.3, 0.4) is 0 Å². The monoisotopic (exact) mass is 295 g/mol. The summed E-state index contributed by atoms with van der Waals surface area (Å²) in [6, 6.07) is 7.31. The third kappa shape index (κ3) is 3.56. The van der Waals surface area contributed by atoms with Crippen LogP contribution >= 0.6 is 15.9 Å². The normalized spacial score (nSPS) is 24.9. The Hall–Kier alpha value is -0.340. The highest BCUT2D eigenvalue weighted by molar-refractivity contribution is 9.10. The second-order valence-electron chi connectivity index (χ2n) is 5.34. The average Bonchev–Trinajstić information content (AvgIpc) is 2.30. The Bertz CT molecular complexity index is 375. The molecule has 0 radical (unpaired) electrons. The Kier molecular flexibility index (Phi) is 4.63. The molecule has 1 N–H and O–H groups in total. The van der Waals surface area contributed by atoms with E-state index in [4.69, 9.17) is 0 Å². The molecule has 17 heavy (non-hydrogen) atoms. The first-order valence-electron chi connectivity index (χ1n) is 6.65. The Morgan fingerprint density at radius 2 is 2.06 bits per heavy atom. The van der Waals surface area contributed by atoms with Crippen molar-refractivity contribution in [3.8, 4) is 0 Å². The standard InChI is InChI=1S/C15H22BrN/c1-11-7-8-13(14(16)9-11)10-17-15-6-4-3-5-12(15)2/h7-9,12,15,17H,3-6,10H2,1-2H3. The molecule has 1 saturated carbocycles. The first-order chi connectivity index (χ1) is 8.16. The highest BCUT2D eigenvalue weighted by atomic mass is 79.9. The fourth-order valence-electron chi connectivity index (χ4n) is 2.66. The quantitative estimate of drug-likeness (QED) is 0.870. The molecule has 94 valence electrons. The van der Waals surface area contributed by atoms with Crippen molar-refractivity contribution in [2.75, 3.05) is 0 Å². The number of aryl methyl sites for hydroxylation is 1. The Morgan fingerprint density at radius 1 is 1.29 bits per heavy atom. The third-order valence-electron chi connectivity index (χ3n) is 3.87. The van der Waals surface area contributed by atoms with Gasteiger partial charge in [0.15, 0.2) is 0 Å². The van der Waals surface area contributed by atoms with E-state index in [1.807, 2.05) is 0 Å². The maximum atomic E-state index is 3.72. The summed E-state index contributed by atoms with van der Waals surface area (Å²) in [5, 5.41) is 3.72. The number of halogens is 1. The molecular weight excluding hydrogens is 274 g/mol. The molecule has 1 nitrogen and oxygen atoms in total. The van der Waals surface area contributed by atoms with Gasteiger partial charge in [-0.2, -0.15) is 0 Å². The molecule has 0 bridgehead atoms. The van der Waals surface area contributed by atoms with Crippen molar-refractivity contribution in [2.24, 2.45) is 5.92 Å². The van der Waals surface area contributed by atoms with Gasteiger partial charge in [-0.3, -0.25) is 0 Å². The van der Waals surface area contributed by atoms with Crippen LogP contribution in [0.25, 0.3) is 0 Å². The van der Waals surface area contributed by atoms with Gasteiger partial charge in [0.05, 0.1) is 0 Å². The number of hydrogen-bond donors (Lipinski definition) is 1. The van der Waals surface area contributed by atoms with Gasteiger partial charge in [0.25, 0.3) is 0 Å². The molecule has 0 saturated heterocycles. The summed E-state index contributed by atoms with van der Waals surface area (Å²) in [4.78, 5) is 0. The molecule has 1 aliphatic carbocycles. The smallest absolute Gasteiger partial charge is 0.0222 e. The van der Waals surface area contributed by atoms with Gasteiger partial charge in [0.1, 0.15) is 0 Å². The van der Waals surface area contributed by atoms with Crippen molar-refractivity contribution in [3.05, 3.63) is 33.8 Å². The van der Waals surface area contributed by atoms with E-state index >= 15 is 0 Å². The first kappa shape index (κ1) is 13.1. The molecule has 0 amide bonds. The van der Waals surface area contributed by atoms with E-state index in [1.54, 1.807) is 0 Å². The zero-order chi connectivity index (χ0) is 12.3. The van der Waals surface area contributed by atoms with E-state index in [0.717, 1.165) is 12.5 Å². The van der Waals surface area contributed by atoms with E-state index in [9.17, 15) is 0 Å². The van der Waals surface area contributed by atoms with E-state index < -0.39 is 0 Å². The van der Waals surface area contributed by atoms with Crippen LogP contribution in [0.4, 0.5) is 0 Å². The molecule has 0 aromatic heterocycles. The zero-order valence-electron chi connectivity index (χ0n) is 10.8. The van der Waals surface area contributed by atoms with Gasteiger partial charge in [0, 0.05) is 17.1 Å². The van der Waals surface area contributed by atoms with Crippen LogP contribution < -0.4 is 5.32 Å². The van der Waals surface area contributed by atoms with Gasteiger partial charge in [-0.05, 0) is 42.9 Å². The van der Waals surface area contributed by atoms with Crippen LogP contribution in [0, 0.1) is 12.8 Å². The summed E-state index contributed by atoms with van der Waals surface area (Å²) < 4.78 is 1.23. The van der Waals surface area contributed by atoms with Gasteiger partial charge in [0.2, 0.25) is 0 Å². The maximum Gasteiger partial charge on any atom is 0.0222 e. The summed E-state index contributed by atoms with van der Waals surface area (Å²) >= 11 is 3.65. The van der Waals surface area contributed by atoms with Crippen molar-refractivity contribution in [1.29, 1.82) is 0 Å². The van der Waals surface area contributed by atoms with Crippen molar-refractivity contribution < 1.29 is 0 Å². The largest absolute Gasteiger partial charge is 0.310 e. The molecule has 1 aromatic rings. The van der Waals surface area contributed by atoms with Crippen LogP contribution in [0.15, 0.2) is 22.7 Å². The lowest BCUT2D eigenvalue weighted by molar-refractivity contribution is 0.279. The summed E-state index contributed by atoms with van der Waals surface area (Å²) in [6.07, 6.45) is 5.52. The van der Waals surface area contributed by atoms with Gasteiger partial charge in [-0.25, -0.2) is 0 Å². The number of rotatable bonds is 3.